The van der Waals surface area contributed by atoms with Crippen molar-refractivity contribution in [3.8, 4) is 0 Å². The minimum absolute atomic E-state index is 0.0235. The standard InChI is InChI=1S/C26H29Cl2F6N3O3S/c1-16-15-36(8-9-37(16)41(3,39)40)7-6-24(2,18-4-5-21(27)22(28)13-18)23(38)35-14-17-10-19(25(29,30)31)12-20(11-17)26(32,33)34/h4-5,10-13,16H,6-9,14-15H2,1-3H3,(H,35,38)/t16-,24?/m1/s1. The summed E-state index contributed by atoms with van der Waals surface area (Å²) in [5, 5.41) is 2.88. The van der Waals surface area contributed by atoms with Crippen LogP contribution in [-0.2, 0) is 39.1 Å². The fourth-order valence-electron chi connectivity index (χ4n) is 4.82. The lowest BCUT2D eigenvalue weighted by Gasteiger charge is -2.40. The molecule has 6 nitrogen and oxygen atoms in total. The quantitative estimate of drug-likeness (QED) is 0.359. The number of hydrogen-bond acceptors (Lipinski definition) is 4. The van der Waals surface area contributed by atoms with Crippen LogP contribution in [0, 0.1) is 0 Å². The second-order valence-electron chi connectivity index (χ2n) is 10.3. The van der Waals surface area contributed by atoms with E-state index in [-0.39, 0.29) is 40.7 Å². The first-order valence-corrected chi connectivity index (χ1v) is 15.0. The van der Waals surface area contributed by atoms with E-state index in [9.17, 15) is 39.6 Å². The molecule has 1 fully saturated rings. The summed E-state index contributed by atoms with van der Waals surface area (Å²) in [6.45, 7) is 4.17. The number of piperazine rings is 1. The molecule has 15 heteroatoms. The molecule has 2 aromatic carbocycles. The summed E-state index contributed by atoms with van der Waals surface area (Å²) < 4.78 is 105. The molecule has 3 rings (SSSR count). The summed E-state index contributed by atoms with van der Waals surface area (Å²) in [5.74, 6) is -0.648. The largest absolute Gasteiger partial charge is 0.416 e. The first-order valence-electron chi connectivity index (χ1n) is 12.4. The number of halogens is 8. The summed E-state index contributed by atoms with van der Waals surface area (Å²) in [7, 11) is -3.39. The van der Waals surface area contributed by atoms with Gasteiger partial charge in [0.2, 0.25) is 15.9 Å². The molecule has 0 spiro atoms. The van der Waals surface area contributed by atoms with E-state index in [0.29, 0.717) is 37.3 Å². The van der Waals surface area contributed by atoms with Crippen molar-refractivity contribution in [2.45, 2.75) is 50.6 Å². The van der Waals surface area contributed by atoms with Crippen LogP contribution in [0.2, 0.25) is 10.0 Å². The number of nitrogens with one attached hydrogen (secondary N) is 1. The molecule has 228 valence electrons. The average Bonchev–Trinajstić information content (AvgIpc) is 2.85. The van der Waals surface area contributed by atoms with Crippen LogP contribution in [0.25, 0.3) is 0 Å². The van der Waals surface area contributed by atoms with Crippen molar-refractivity contribution >= 4 is 39.1 Å². The molecule has 2 aromatic rings. The van der Waals surface area contributed by atoms with E-state index in [1.165, 1.54) is 16.4 Å². The third-order valence-corrected chi connectivity index (χ3v) is 9.30. The zero-order chi connectivity index (χ0) is 31.0. The highest BCUT2D eigenvalue weighted by molar-refractivity contribution is 7.88. The molecule has 1 unspecified atom stereocenters. The Morgan fingerprint density at radius 3 is 2.02 bits per heavy atom. The summed E-state index contributed by atoms with van der Waals surface area (Å²) in [6, 6.07) is 5.38. The van der Waals surface area contributed by atoms with E-state index >= 15 is 0 Å². The predicted molar refractivity (Wildman–Crippen MR) is 144 cm³/mol. The third-order valence-electron chi connectivity index (χ3n) is 7.16. The first kappa shape index (κ1) is 33.4. The lowest BCUT2D eigenvalue weighted by molar-refractivity contribution is -0.143. The normalized spacial score (nSPS) is 19.1. The number of amides is 1. The maximum Gasteiger partial charge on any atom is 0.416 e. The van der Waals surface area contributed by atoms with Crippen molar-refractivity contribution in [3.05, 3.63) is 68.7 Å². The maximum absolute atomic E-state index is 13.6. The van der Waals surface area contributed by atoms with Crippen LogP contribution in [0.5, 0.6) is 0 Å². The molecule has 0 saturated carbocycles. The Morgan fingerprint density at radius 1 is 0.951 bits per heavy atom. The Bertz CT molecular complexity index is 1360. The van der Waals surface area contributed by atoms with Gasteiger partial charge in [0.1, 0.15) is 0 Å². The van der Waals surface area contributed by atoms with E-state index in [1.807, 2.05) is 4.90 Å². The lowest BCUT2D eigenvalue weighted by atomic mass is 9.78. The topological polar surface area (TPSA) is 69.7 Å². The van der Waals surface area contributed by atoms with Crippen molar-refractivity contribution in [2.24, 2.45) is 0 Å². The minimum Gasteiger partial charge on any atom is -0.351 e. The molecule has 1 saturated heterocycles. The third kappa shape index (κ3) is 8.28. The number of rotatable bonds is 8. The smallest absolute Gasteiger partial charge is 0.351 e. The van der Waals surface area contributed by atoms with Crippen molar-refractivity contribution in [3.63, 3.8) is 0 Å². The van der Waals surface area contributed by atoms with Crippen molar-refractivity contribution in [1.29, 1.82) is 0 Å². The van der Waals surface area contributed by atoms with E-state index in [4.69, 9.17) is 23.2 Å². The molecule has 1 N–H and O–H groups in total. The highest BCUT2D eigenvalue weighted by Gasteiger charge is 2.39. The van der Waals surface area contributed by atoms with Crippen molar-refractivity contribution in [1.82, 2.24) is 14.5 Å². The first-order chi connectivity index (χ1) is 18.7. The van der Waals surface area contributed by atoms with Crippen LogP contribution in [0.4, 0.5) is 26.3 Å². The van der Waals surface area contributed by atoms with Gasteiger partial charge in [-0.15, -0.1) is 0 Å². The molecule has 1 heterocycles. The number of alkyl halides is 6. The van der Waals surface area contributed by atoms with Crippen LogP contribution in [0.15, 0.2) is 36.4 Å². The number of benzene rings is 2. The summed E-state index contributed by atoms with van der Waals surface area (Å²) in [5.41, 5.74) is -4.22. The Morgan fingerprint density at radius 2 is 1.54 bits per heavy atom. The molecule has 0 aliphatic carbocycles. The van der Waals surface area contributed by atoms with Crippen LogP contribution in [-0.4, -0.2) is 62.0 Å². The molecule has 2 atom stereocenters. The number of carbonyl (C=O) groups excluding carboxylic acids is 1. The van der Waals surface area contributed by atoms with Gasteiger partial charge < -0.3 is 10.2 Å². The molecule has 0 aromatic heterocycles. The van der Waals surface area contributed by atoms with Gasteiger partial charge in [-0.1, -0.05) is 29.3 Å². The Balaban J connectivity index is 1.86. The molecule has 0 bridgehead atoms. The minimum atomic E-state index is -5.02. The van der Waals surface area contributed by atoms with Gasteiger partial charge in [-0.25, -0.2) is 8.42 Å². The van der Waals surface area contributed by atoms with Crippen molar-refractivity contribution < 1.29 is 39.6 Å². The number of carbonyl (C=O) groups is 1. The monoisotopic (exact) mass is 647 g/mol. The number of sulfonamides is 1. The van der Waals surface area contributed by atoms with Crippen LogP contribution in [0.1, 0.15) is 42.5 Å². The Hall–Kier alpha value is -2.06. The van der Waals surface area contributed by atoms with Gasteiger partial charge in [0, 0.05) is 32.2 Å². The lowest BCUT2D eigenvalue weighted by Crippen LogP contribution is -2.54. The van der Waals surface area contributed by atoms with Gasteiger partial charge in [-0.05, 0) is 68.3 Å². The van der Waals surface area contributed by atoms with Gasteiger partial charge >= 0.3 is 12.4 Å². The molecule has 1 aliphatic heterocycles. The van der Waals surface area contributed by atoms with Crippen LogP contribution < -0.4 is 5.32 Å². The van der Waals surface area contributed by atoms with Gasteiger partial charge in [0.15, 0.2) is 0 Å². The summed E-state index contributed by atoms with van der Waals surface area (Å²) in [4.78, 5) is 15.6. The van der Waals surface area contributed by atoms with Gasteiger partial charge in [-0.3, -0.25) is 4.79 Å². The van der Waals surface area contributed by atoms with Crippen LogP contribution in [0.3, 0.4) is 0 Å². The van der Waals surface area contributed by atoms with E-state index in [1.54, 1.807) is 19.9 Å². The highest BCUT2D eigenvalue weighted by Crippen LogP contribution is 2.37. The highest BCUT2D eigenvalue weighted by atomic mass is 35.5. The van der Waals surface area contributed by atoms with Crippen LogP contribution >= 0.6 is 23.2 Å². The fraction of sp³-hybridized carbons (Fsp3) is 0.500. The molecule has 41 heavy (non-hydrogen) atoms. The molecule has 0 radical (unpaired) electrons. The van der Waals surface area contributed by atoms with Gasteiger partial charge in [-0.2, -0.15) is 30.6 Å². The van der Waals surface area contributed by atoms with Crippen molar-refractivity contribution in [2.75, 3.05) is 32.4 Å². The van der Waals surface area contributed by atoms with Gasteiger partial charge in [0.25, 0.3) is 0 Å². The Kier molecular flexibility index (Phi) is 10.0. The second-order valence-corrected chi connectivity index (χ2v) is 13.1. The SMILES string of the molecule is C[C@@H]1CN(CCC(C)(C(=O)NCc2cc(C(F)(F)F)cc(C(F)(F)F)c2)c2ccc(Cl)c(Cl)c2)CCN1S(C)(=O)=O. The molecule has 1 aliphatic rings. The predicted octanol–water partition coefficient (Wildman–Crippen LogP) is 5.96. The second kappa shape index (κ2) is 12.3. The zero-order valence-electron chi connectivity index (χ0n) is 22.3. The molecule has 1 amide bonds. The Labute approximate surface area is 244 Å². The maximum atomic E-state index is 13.6. The van der Waals surface area contributed by atoms with E-state index in [0.717, 1.165) is 6.26 Å². The molecular weight excluding hydrogens is 619 g/mol. The number of hydrogen-bond donors (Lipinski definition) is 1. The average molecular weight is 648 g/mol. The van der Waals surface area contributed by atoms with E-state index < -0.39 is 51.4 Å². The van der Waals surface area contributed by atoms with E-state index in [2.05, 4.69) is 5.32 Å². The molecular formula is C26H29Cl2F6N3O3S. The summed E-state index contributed by atoms with van der Waals surface area (Å²) >= 11 is 12.2. The zero-order valence-corrected chi connectivity index (χ0v) is 24.7. The summed E-state index contributed by atoms with van der Waals surface area (Å²) in [6.07, 6.45) is -8.73. The fourth-order valence-corrected chi connectivity index (χ4v) is 6.25. The number of nitrogens with zero attached hydrogens (tertiary/aromatic N) is 2. The van der Waals surface area contributed by atoms with Gasteiger partial charge in [0.05, 0.1) is 32.8 Å².